The average molecular weight is 244 g/mol. The number of rotatable bonds is 11. The molecule has 0 rings (SSSR count). The molecule has 0 saturated heterocycles. The molecule has 0 aromatic rings. The number of unbranched alkanes of at least 4 members (excludes halogenated alkanes) is 4. The fraction of sp³-hybridized carbons (Fsp3) is 0.929. The van der Waals surface area contributed by atoms with Crippen LogP contribution in [0.3, 0.4) is 0 Å². The van der Waals surface area contributed by atoms with E-state index in [1.54, 1.807) is 0 Å². The van der Waals surface area contributed by atoms with E-state index in [0.717, 1.165) is 38.5 Å². The van der Waals surface area contributed by atoms with Gasteiger partial charge in [0.05, 0.1) is 12.5 Å². The van der Waals surface area contributed by atoms with E-state index >= 15 is 0 Å². The first-order chi connectivity index (χ1) is 8.26. The zero-order chi connectivity index (χ0) is 12.9. The van der Waals surface area contributed by atoms with Gasteiger partial charge in [-0.05, 0) is 19.3 Å². The van der Waals surface area contributed by atoms with Gasteiger partial charge in [0.15, 0.2) is 0 Å². The highest BCUT2D eigenvalue weighted by Gasteiger charge is 2.18. The highest BCUT2D eigenvalue weighted by molar-refractivity contribution is 5.71. The maximum absolute atomic E-state index is 11.6. The fourth-order valence-electron chi connectivity index (χ4n) is 1.69. The van der Waals surface area contributed by atoms with Crippen molar-refractivity contribution in [3.8, 4) is 0 Å². The summed E-state index contributed by atoms with van der Waals surface area (Å²) in [6.45, 7) is 6.83. The normalized spacial score (nSPS) is 12.4. The Morgan fingerprint density at radius 2 is 1.71 bits per heavy atom. The Hall–Kier alpha value is -0.570. The Morgan fingerprint density at radius 1 is 1.00 bits per heavy atom. The molecule has 3 heteroatoms. The first kappa shape index (κ1) is 16.4. The van der Waals surface area contributed by atoms with Gasteiger partial charge >= 0.3 is 5.97 Å². The SMILES string of the molecule is CCCCCCOOC(=O)[C@@H](CC)CCCC. The lowest BCUT2D eigenvalue weighted by Gasteiger charge is -2.12. The standard InChI is InChI=1S/C14H28O3/c1-4-7-9-10-12-16-17-14(15)13(6-3)11-8-5-2/h13H,4-12H2,1-3H3/t13-/m0/s1. The Kier molecular flexibility index (Phi) is 11.5. The summed E-state index contributed by atoms with van der Waals surface area (Å²) in [5.74, 6) is -0.193. The molecule has 0 heterocycles. The van der Waals surface area contributed by atoms with Gasteiger partial charge in [0.2, 0.25) is 0 Å². The molecular weight excluding hydrogens is 216 g/mol. The summed E-state index contributed by atoms with van der Waals surface area (Å²) in [5, 5.41) is 0. The topological polar surface area (TPSA) is 35.5 Å². The van der Waals surface area contributed by atoms with E-state index in [0.29, 0.717) is 6.61 Å². The Bertz CT molecular complexity index is 180. The molecular formula is C14H28O3. The quantitative estimate of drug-likeness (QED) is 0.309. The fourth-order valence-corrected chi connectivity index (χ4v) is 1.69. The van der Waals surface area contributed by atoms with Gasteiger partial charge in [-0.15, -0.1) is 0 Å². The van der Waals surface area contributed by atoms with Gasteiger partial charge < -0.3 is 0 Å². The van der Waals surface area contributed by atoms with Crippen LogP contribution in [0.15, 0.2) is 0 Å². The van der Waals surface area contributed by atoms with Crippen LogP contribution in [0.5, 0.6) is 0 Å². The molecule has 0 fully saturated rings. The lowest BCUT2D eigenvalue weighted by molar-refractivity contribution is -0.276. The summed E-state index contributed by atoms with van der Waals surface area (Å²) in [5.41, 5.74) is 0. The molecule has 0 aliphatic rings. The minimum absolute atomic E-state index is 0.00518. The Morgan fingerprint density at radius 3 is 2.29 bits per heavy atom. The van der Waals surface area contributed by atoms with Crippen LogP contribution in [0, 0.1) is 5.92 Å². The van der Waals surface area contributed by atoms with Crippen LogP contribution < -0.4 is 0 Å². The molecule has 0 aromatic heterocycles. The zero-order valence-electron chi connectivity index (χ0n) is 11.7. The van der Waals surface area contributed by atoms with E-state index in [1.807, 2.05) is 6.92 Å². The van der Waals surface area contributed by atoms with Gasteiger partial charge in [-0.3, -0.25) is 4.89 Å². The van der Waals surface area contributed by atoms with Crippen LogP contribution in [-0.2, 0) is 14.6 Å². The Balaban J connectivity index is 3.54. The van der Waals surface area contributed by atoms with Crippen LogP contribution in [0.2, 0.25) is 0 Å². The van der Waals surface area contributed by atoms with Crippen LogP contribution in [0.4, 0.5) is 0 Å². The summed E-state index contributed by atoms with van der Waals surface area (Å²) < 4.78 is 0. The van der Waals surface area contributed by atoms with Gasteiger partial charge in [0.25, 0.3) is 0 Å². The largest absolute Gasteiger partial charge is 0.345 e. The molecule has 17 heavy (non-hydrogen) atoms. The molecule has 0 bridgehead atoms. The van der Waals surface area contributed by atoms with E-state index in [1.165, 1.54) is 12.8 Å². The zero-order valence-corrected chi connectivity index (χ0v) is 11.7. The molecule has 0 aliphatic carbocycles. The van der Waals surface area contributed by atoms with Crippen molar-refractivity contribution < 1.29 is 14.6 Å². The maximum Gasteiger partial charge on any atom is 0.345 e. The van der Waals surface area contributed by atoms with Crippen molar-refractivity contribution in [1.82, 2.24) is 0 Å². The highest BCUT2D eigenvalue weighted by atomic mass is 17.2. The van der Waals surface area contributed by atoms with E-state index in [4.69, 9.17) is 9.78 Å². The second-order valence-corrected chi connectivity index (χ2v) is 4.53. The molecule has 0 N–H and O–H groups in total. The van der Waals surface area contributed by atoms with Crippen LogP contribution in [-0.4, -0.2) is 12.6 Å². The van der Waals surface area contributed by atoms with Crippen molar-refractivity contribution in [3.63, 3.8) is 0 Å². The van der Waals surface area contributed by atoms with Crippen LogP contribution >= 0.6 is 0 Å². The van der Waals surface area contributed by atoms with Crippen molar-refractivity contribution in [2.24, 2.45) is 5.92 Å². The van der Waals surface area contributed by atoms with Crippen molar-refractivity contribution >= 4 is 5.97 Å². The predicted molar refractivity (Wildman–Crippen MR) is 69.5 cm³/mol. The maximum atomic E-state index is 11.6. The number of hydrogen-bond donors (Lipinski definition) is 0. The summed E-state index contributed by atoms with van der Waals surface area (Å²) in [4.78, 5) is 21.4. The summed E-state index contributed by atoms with van der Waals surface area (Å²) >= 11 is 0. The van der Waals surface area contributed by atoms with Gasteiger partial charge in [0.1, 0.15) is 0 Å². The van der Waals surface area contributed by atoms with E-state index in [2.05, 4.69) is 13.8 Å². The molecule has 0 spiro atoms. The Labute approximate surface area is 106 Å². The molecule has 0 amide bonds. The van der Waals surface area contributed by atoms with Crippen LogP contribution in [0.1, 0.15) is 72.1 Å². The summed E-state index contributed by atoms with van der Waals surface area (Å²) in [7, 11) is 0. The van der Waals surface area contributed by atoms with Crippen molar-refractivity contribution in [2.45, 2.75) is 72.1 Å². The number of hydrogen-bond acceptors (Lipinski definition) is 3. The van der Waals surface area contributed by atoms with Crippen molar-refractivity contribution in [3.05, 3.63) is 0 Å². The van der Waals surface area contributed by atoms with Gasteiger partial charge in [0, 0.05) is 0 Å². The average Bonchev–Trinajstić information content (AvgIpc) is 2.34. The van der Waals surface area contributed by atoms with Gasteiger partial charge in [-0.1, -0.05) is 52.9 Å². The van der Waals surface area contributed by atoms with E-state index in [9.17, 15) is 4.79 Å². The second kappa shape index (κ2) is 11.9. The lowest BCUT2D eigenvalue weighted by atomic mass is 10.00. The van der Waals surface area contributed by atoms with Gasteiger partial charge in [-0.25, -0.2) is 4.79 Å². The molecule has 0 saturated carbocycles. The van der Waals surface area contributed by atoms with E-state index in [-0.39, 0.29) is 11.9 Å². The molecule has 0 aromatic carbocycles. The van der Waals surface area contributed by atoms with Gasteiger partial charge in [-0.2, -0.15) is 4.89 Å². The van der Waals surface area contributed by atoms with Crippen LogP contribution in [0.25, 0.3) is 0 Å². The minimum Gasteiger partial charge on any atom is -0.298 e. The predicted octanol–water partition coefficient (Wildman–Crippen LogP) is 4.26. The minimum atomic E-state index is -0.198. The third-order valence-corrected chi connectivity index (χ3v) is 2.95. The molecule has 0 aliphatic heterocycles. The molecule has 0 radical (unpaired) electrons. The molecule has 102 valence electrons. The first-order valence-electron chi connectivity index (χ1n) is 7.09. The smallest absolute Gasteiger partial charge is 0.298 e. The first-order valence-corrected chi connectivity index (χ1v) is 7.09. The summed E-state index contributed by atoms with van der Waals surface area (Å²) in [6.07, 6.45) is 8.45. The highest BCUT2D eigenvalue weighted by Crippen LogP contribution is 2.14. The third-order valence-electron chi connectivity index (χ3n) is 2.95. The monoisotopic (exact) mass is 244 g/mol. The molecule has 1 atom stereocenters. The third kappa shape index (κ3) is 9.16. The van der Waals surface area contributed by atoms with Crippen molar-refractivity contribution in [2.75, 3.05) is 6.61 Å². The van der Waals surface area contributed by atoms with Crippen molar-refractivity contribution in [1.29, 1.82) is 0 Å². The number of carbonyl (C=O) groups is 1. The number of carbonyl (C=O) groups excluding carboxylic acids is 1. The molecule has 3 nitrogen and oxygen atoms in total. The summed E-state index contributed by atoms with van der Waals surface area (Å²) in [6, 6.07) is 0. The lowest BCUT2D eigenvalue weighted by Crippen LogP contribution is -2.17. The van der Waals surface area contributed by atoms with E-state index < -0.39 is 0 Å². The molecule has 0 unspecified atom stereocenters. The second-order valence-electron chi connectivity index (χ2n) is 4.53.